The summed E-state index contributed by atoms with van der Waals surface area (Å²) in [5.74, 6) is 0.763. The van der Waals surface area contributed by atoms with E-state index in [9.17, 15) is 8.78 Å². The highest BCUT2D eigenvalue weighted by Crippen LogP contribution is 2.21. The predicted octanol–water partition coefficient (Wildman–Crippen LogP) is 1.61. The molecule has 2 aromatic rings. The molecule has 8 heteroatoms. The Labute approximate surface area is 133 Å². The van der Waals surface area contributed by atoms with E-state index >= 15 is 0 Å². The lowest BCUT2D eigenvalue weighted by Crippen LogP contribution is -2.48. The summed E-state index contributed by atoms with van der Waals surface area (Å²) >= 11 is 0. The van der Waals surface area contributed by atoms with E-state index in [0.29, 0.717) is 13.1 Å². The normalized spacial score (nSPS) is 18.4. The van der Waals surface area contributed by atoms with Crippen LogP contribution in [0.3, 0.4) is 0 Å². The average Bonchev–Trinajstić information content (AvgIpc) is 3.05. The largest absolute Gasteiger partial charge is 0.295 e. The van der Waals surface area contributed by atoms with Crippen LogP contribution in [0.5, 0.6) is 0 Å². The monoisotopic (exact) mass is 322 g/mol. The van der Waals surface area contributed by atoms with Gasteiger partial charge >= 0.3 is 0 Å². The van der Waals surface area contributed by atoms with Gasteiger partial charge in [0.2, 0.25) is 0 Å². The van der Waals surface area contributed by atoms with Gasteiger partial charge < -0.3 is 0 Å². The van der Waals surface area contributed by atoms with Crippen molar-refractivity contribution < 1.29 is 8.78 Å². The van der Waals surface area contributed by atoms with Crippen LogP contribution >= 0.6 is 0 Å². The molecule has 1 atom stereocenters. The van der Waals surface area contributed by atoms with E-state index in [1.165, 1.54) is 0 Å². The Bertz CT molecular complexity index is 609. The molecule has 0 radical (unpaired) electrons. The second-order valence-electron chi connectivity index (χ2n) is 5.69. The summed E-state index contributed by atoms with van der Waals surface area (Å²) in [6, 6.07) is 9.75. The van der Waals surface area contributed by atoms with Crippen molar-refractivity contribution >= 4 is 0 Å². The zero-order valence-corrected chi connectivity index (χ0v) is 13.0. The van der Waals surface area contributed by atoms with Crippen LogP contribution in [-0.4, -0.2) is 69.2 Å². The lowest BCUT2D eigenvalue weighted by molar-refractivity contribution is 0.0441. The van der Waals surface area contributed by atoms with Gasteiger partial charge in [-0.05, 0) is 29.5 Å². The van der Waals surface area contributed by atoms with Crippen LogP contribution in [-0.2, 0) is 0 Å². The van der Waals surface area contributed by atoms with E-state index in [1.807, 2.05) is 37.3 Å². The Hall–Kier alpha value is -1.93. The van der Waals surface area contributed by atoms with Gasteiger partial charge in [0, 0.05) is 26.2 Å². The molecule has 23 heavy (non-hydrogen) atoms. The summed E-state index contributed by atoms with van der Waals surface area (Å²) in [6.07, 6.45) is -2.27. The number of alkyl halides is 2. The van der Waals surface area contributed by atoms with Gasteiger partial charge in [-0.2, -0.15) is 4.68 Å². The highest BCUT2D eigenvalue weighted by Gasteiger charge is 2.27. The Balaban J connectivity index is 1.68. The number of hydrogen-bond acceptors (Lipinski definition) is 5. The molecule has 1 aliphatic rings. The fraction of sp³-hybridized carbons (Fsp3) is 0.533. The SMILES string of the molecule is CC(c1nnnn1-c1ccccc1)N1CCN(CC(F)F)CC1. The third-order valence-electron chi connectivity index (χ3n) is 4.22. The maximum Gasteiger partial charge on any atom is 0.251 e. The van der Waals surface area contributed by atoms with E-state index in [1.54, 1.807) is 9.58 Å². The molecule has 1 aromatic carbocycles. The lowest BCUT2D eigenvalue weighted by atomic mass is 10.2. The highest BCUT2D eigenvalue weighted by atomic mass is 19.3. The van der Waals surface area contributed by atoms with Crippen LogP contribution in [0, 0.1) is 0 Å². The predicted molar refractivity (Wildman–Crippen MR) is 81.6 cm³/mol. The molecule has 6 nitrogen and oxygen atoms in total. The molecule has 2 heterocycles. The number of piperazine rings is 1. The molecule has 3 rings (SSSR count). The van der Waals surface area contributed by atoms with Crippen molar-refractivity contribution in [2.45, 2.75) is 19.4 Å². The lowest BCUT2D eigenvalue weighted by Gasteiger charge is -2.37. The first-order valence-corrected chi connectivity index (χ1v) is 7.73. The first-order valence-electron chi connectivity index (χ1n) is 7.73. The van der Waals surface area contributed by atoms with Crippen LogP contribution in [0.15, 0.2) is 30.3 Å². The average molecular weight is 322 g/mol. The summed E-state index contributed by atoms with van der Waals surface area (Å²) in [6.45, 7) is 4.64. The highest BCUT2D eigenvalue weighted by molar-refractivity contribution is 5.30. The molecule has 1 aromatic heterocycles. The second-order valence-corrected chi connectivity index (χ2v) is 5.69. The minimum absolute atomic E-state index is 0.0268. The third kappa shape index (κ3) is 3.70. The van der Waals surface area contributed by atoms with E-state index in [0.717, 1.165) is 24.6 Å². The molecule has 0 bridgehead atoms. The van der Waals surface area contributed by atoms with E-state index in [4.69, 9.17) is 0 Å². The van der Waals surface area contributed by atoms with E-state index in [2.05, 4.69) is 20.4 Å². The van der Waals surface area contributed by atoms with Crippen molar-refractivity contribution in [2.75, 3.05) is 32.7 Å². The van der Waals surface area contributed by atoms with Crippen molar-refractivity contribution in [1.29, 1.82) is 0 Å². The third-order valence-corrected chi connectivity index (χ3v) is 4.22. The number of aromatic nitrogens is 4. The summed E-state index contributed by atoms with van der Waals surface area (Å²) in [5.41, 5.74) is 0.913. The Kier molecular flexibility index (Phi) is 4.92. The van der Waals surface area contributed by atoms with Gasteiger partial charge in [-0.25, -0.2) is 8.78 Å². The second kappa shape index (κ2) is 7.10. The zero-order valence-electron chi connectivity index (χ0n) is 13.0. The first-order chi connectivity index (χ1) is 11.1. The molecule has 124 valence electrons. The van der Waals surface area contributed by atoms with Crippen molar-refractivity contribution in [3.63, 3.8) is 0 Å². The summed E-state index contributed by atoms with van der Waals surface area (Å²) in [4.78, 5) is 4.03. The molecule has 0 spiro atoms. The van der Waals surface area contributed by atoms with E-state index in [-0.39, 0.29) is 12.6 Å². The van der Waals surface area contributed by atoms with Gasteiger partial charge in [-0.15, -0.1) is 5.10 Å². The van der Waals surface area contributed by atoms with Gasteiger partial charge in [-0.1, -0.05) is 18.2 Å². The summed E-state index contributed by atoms with van der Waals surface area (Å²) in [7, 11) is 0. The Morgan fingerprint density at radius 3 is 2.43 bits per heavy atom. The quantitative estimate of drug-likeness (QED) is 0.837. The van der Waals surface area contributed by atoms with Crippen LogP contribution in [0.2, 0.25) is 0 Å². The smallest absolute Gasteiger partial charge is 0.251 e. The number of nitrogens with zero attached hydrogens (tertiary/aromatic N) is 6. The van der Waals surface area contributed by atoms with Gasteiger partial charge in [0.15, 0.2) is 5.82 Å². The molecular weight excluding hydrogens is 302 g/mol. The van der Waals surface area contributed by atoms with Gasteiger partial charge in [0.25, 0.3) is 6.43 Å². The standard InChI is InChI=1S/C15H20F2N6/c1-12(22-9-7-21(8-10-22)11-14(16)17)15-18-19-20-23(15)13-5-3-2-4-6-13/h2-6,12,14H,7-11H2,1H3. The molecule has 1 saturated heterocycles. The number of halogens is 2. The summed E-state index contributed by atoms with van der Waals surface area (Å²) < 4.78 is 26.6. The van der Waals surface area contributed by atoms with Gasteiger partial charge in [-0.3, -0.25) is 9.80 Å². The van der Waals surface area contributed by atoms with Crippen LogP contribution < -0.4 is 0 Å². The number of benzene rings is 1. The van der Waals surface area contributed by atoms with Crippen LogP contribution in [0.1, 0.15) is 18.8 Å². The van der Waals surface area contributed by atoms with Crippen molar-refractivity contribution in [3.05, 3.63) is 36.2 Å². The number of tetrazole rings is 1. The molecule has 1 aliphatic heterocycles. The first kappa shape index (κ1) is 15.9. The van der Waals surface area contributed by atoms with Gasteiger partial charge in [0.1, 0.15) is 0 Å². The molecule has 0 saturated carbocycles. The van der Waals surface area contributed by atoms with Gasteiger partial charge in [0.05, 0.1) is 18.3 Å². The zero-order chi connectivity index (χ0) is 16.2. The number of hydrogen-bond donors (Lipinski definition) is 0. The molecular formula is C15H20F2N6. The number of para-hydroxylation sites is 1. The minimum atomic E-state index is -2.27. The maximum absolute atomic E-state index is 12.5. The molecule has 0 N–H and O–H groups in total. The van der Waals surface area contributed by atoms with Crippen molar-refractivity contribution in [3.8, 4) is 5.69 Å². The molecule has 1 unspecified atom stereocenters. The fourth-order valence-corrected chi connectivity index (χ4v) is 2.90. The molecule has 1 fully saturated rings. The van der Waals surface area contributed by atoms with Crippen LogP contribution in [0.25, 0.3) is 5.69 Å². The molecule has 0 amide bonds. The maximum atomic E-state index is 12.5. The Morgan fingerprint density at radius 2 is 1.78 bits per heavy atom. The summed E-state index contributed by atoms with van der Waals surface area (Å²) in [5, 5.41) is 12.0. The topological polar surface area (TPSA) is 50.1 Å². The van der Waals surface area contributed by atoms with Crippen molar-refractivity contribution in [2.24, 2.45) is 0 Å². The van der Waals surface area contributed by atoms with Crippen molar-refractivity contribution in [1.82, 2.24) is 30.0 Å². The molecule has 0 aliphatic carbocycles. The van der Waals surface area contributed by atoms with E-state index < -0.39 is 6.43 Å². The minimum Gasteiger partial charge on any atom is -0.295 e. The Morgan fingerprint density at radius 1 is 1.09 bits per heavy atom. The fourth-order valence-electron chi connectivity index (χ4n) is 2.90. The number of rotatable bonds is 5. The van der Waals surface area contributed by atoms with Crippen LogP contribution in [0.4, 0.5) is 8.78 Å².